The molecular weight excluding hydrogens is 332 g/mol. The Hall–Kier alpha value is -1.89. The molecule has 0 bridgehead atoms. The van der Waals surface area contributed by atoms with Gasteiger partial charge in [0, 0.05) is 4.47 Å². The summed E-state index contributed by atoms with van der Waals surface area (Å²) in [5, 5.41) is 2.16. The van der Waals surface area contributed by atoms with Crippen LogP contribution in [0, 0.1) is 0 Å². The highest BCUT2D eigenvalue weighted by molar-refractivity contribution is 9.10. The first-order valence-corrected chi connectivity index (χ1v) is 7.23. The van der Waals surface area contributed by atoms with E-state index >= 15 is 0 Å². The van der Waals surface area contributed by atoms with E-state index in [-0.39, 0.29) is 6.04 Å². The molecule has 0 radical (unpaired) electrons. The Kier molecular flexibility index (Phi) is 4.95. The van der Waals surface area contributed by atoms with Gasteiger partial charge in [0.05, 0.1) is 11.7 Å². The van der Waals surface area contributed by atoms with Crippen molar-refractivity contribution in [3.63, 3.8) is 0 Å². The van der Waals surface area contributed by atoms with Gasteiger partial charge >= 0.3 is 6.03 Å². The fourth-order valence-corrected chi connectivity index (χ4v) is 2.16. The number of anilines is 1. The Morgan fingerprint density at radius 1 is 1.05 bits per heavy atom. The lowest BCUT2D eigenvalue weighted by Gasteiger charge is -2.28. The molecule has 0 aliphatic rings. The molecule has 2 aromatic carbocycles. The van der Waals surface area contributed by atoms with Gasteiger partial charge in [-0.15, -0.1) is 0 Å². The van der Waals surface area contributed by atoms with Crippen molar-refractivity contribution in [1.82, 2.24) is 5.01 Å². The second kappa shape index (κ2) is 6.71. The summed E-state index contributed by atoms with van der Waals surface area (Å²) in [7, 11) is 0. The molecule has 2 aromatic rings. The molecule has 110 valence electrons. The summed E-state index contributed by atoms with van der Waals surface area (Å²) in [4.78, 5) is 12.3. The largest absolute Gasteiger partial charge is 0.353 e. The molecule has 0 aliphatic heterocycles. The van der Waals surface area contributed by atoms with E-state index in [9.17, 15) is 4.79 Å². The Morgan fingerprint density at radius 2 is 1.62 bits per heavy atom. The smallest absolute Gasteiger partial charge is 0.254 e. The molecule has 1 atom stereocenters. The highest BCUT2D eigenvalue weighted by Gasteiger charge is 2.22. The average molecular weight is 349 g/mol. The number of hydrazine groups is 2. The zero-order valence-electron chi connectivity index (χ0n) is 11.6. The molecular formula is C15H17BrN4O. The van der Waals surface area contributed by atoms with Gasteiger partial charge in [-0.3, -0.25) is 5.01 Å². The first kappa shape index (κ1) is 15.5. The van der Waals surface area contributed by atoms with Gasteiger partial charge in [0.2, 0.25) is 0 Å². The molecule has 0 saturated heterocycles. The minimum atomic E-state index is -0.478. The second-order valence-electron chi connectivity index (χ2n) is 4.62. The summed E-state index contributed by atoms with van der Waals surface area (Å²) in [6, 6.07) is 15.9. The predicted molar refractivity (Wildman–Crippen MR) is 87.1 cm³/mol. The molecule has 2 rings (SSSR count). The number of hydrogen-bond donors (Lipinski definition) is 2. The molecule has 4 N–H and O–H groups in total. The van der Waals surface area contributed by atoms with Crippen LogP contribution < -0.4 is 16.7 Å². The van der Waals surface area contributed by atoms with Crippen LogP contribution in [0.15, 0.2) is 59.1 Å². The average Bonchev–Trinajstić information content (AvgIpc) is 2.53. The van der Waals surface area contributed by atoms with Crippen molar-refractivity contribution >= 4 is 27.6 Å². The summed E-state index contributed by atoms with van der Waals surface area (Å²) in [6.45, 7) is 1.85. The van der Waals surface area contributed by atoms with Crippen LogP contribution in [0.1, 0.15) is 18.5 Å². The monoisotopic (exact) mass is 348 g/mol. The Labute approximate surface area is 132 Å². The molecule has 6 heteroatoms. The van der Waals surface area contributed by atoms with Crippen molar-refractivity contribution in [2.24, 2.45) is 11.7 Å². The van der Waals surface area contributed by atoms with Crippen LogP contribution in [0.3, 0.4) is 0 Å². The third-order valence-corrected chi connectivity index (χ3v) is 3.76. The Bertz CT molecular complexity index is 603. The minimum Gasteiger partial charge on any atom is -0.254 e. The highest BCUT2D eigenvalue weighted by atomic mass is 79.9. The van der Waals surface area contributed by atoms with E-state index in [1.165, 1.54) is 0 Å². The van der Waals surface area contributed by atoms with Gasteiger partial charge in [-0.2, -0.15) is 0 Å². The fourth-order valence-electron chi connectivity index (χ4n) is 1.89. The van der Waals surface area contributed by atoms with Crippen molar-refractivity contribution in [3.8, 4) is 0 Å². The van der Waals surface area contributed by atoms with Crippen molar-refractivity contribution in [2.45, 2.75) is 13.0 Å². The molecule has 5 nitrogen and oxygen atoms in total. The van der Waals surface area contributed by atoms with E-state index < -0.39 is 6.03 Å². The number of urea groups is 1. The highest BCUT2D eigenvalue weighted by Crippen LogP contribution is 2.21. The van der Waals surface area contributed by atoms with E-state index in [0.717, 1.165) is 20.1 Å². The Balaban J connectivity index is 2.13. The molecule has 1 unspecified atom stereocenters. The summed E-state index contributed by atoms with van der Waals surface area (Å²) < 4.78 is 0.911. The van der Waals surface area contributed by atoms with Crippen molar-refractivity contribution in [2.75, 3.05) is 5.01 Å². The lowest BCUT2D eigenvalue weighted by atomic mass is 10.1. The zero-order chi connectivity index (χ0) is 15.4. The van der Waals surface area contributed by atoms with Gasteiger partial charge < -0.3 is 0 Å². The number of carbonyl (C=O) groups excluding carboxylic acids is 1. The third kappa shape index (κ3) is 3.60. The first-order chi connectivity index (χ1) is 10.0. The number of rotatable bonds is 3. The van der Waals surface area contributed by atoms with Crippen LogP contribution in [0.4, 0.5) is 10.5 Å². The fraction of sp³-hybridized carbons (Fsp3) is 0.133. The molecule has 0 heterocycles. The van der Waals surface area contributed by atoms with Crippen molar-refractivity contribution in [3.05, 3.63) is 64.6 Å². The minimum absolute atomic E-state index is 0.278. The lowest BCUT2D eigenvalue weighted by molar-refractivity contribution is 0.187. The standard InChI is InChI=1S/C15H17BrN4O/c1-11(12-5-3-2-4-6-12)19(17)15(21)20(18)14-9-7-13(16)8-10-14/h2-11H,17-18H2,1H3. The van der Waals surface area contributed by atoms with Crippen molar-refractivity contribution in [1.29, 1.82) is 0 Å². The summed E-state index contributed by atoms with van der Waals surface area (Å²) in [5.74, 6) is 11.8. The maximum absolute atomic E-state index is 12.3. The SMILES string of the molecule is CC(c1ccccc1)N(N)C(=O)N(N)c1ccc(Br)cc1. The molecule has 0 saturated carbocycles. The first-order valence-electron chi connectivity index (χ1n) is 6.44. The van der Waals surface area contributed by atoms with Gasteiger partial charge in [-0.25, -0.2) is 21.5 Å². The number of amides is 2. The summed E-state index contributed by atoms with van der Waals surface area (Å²) in [5.41, 5.74) is 1.51. The van der Waals surface area contributed by atoms with E-state index in [1.807, 2.05) is 49.4 Å². The lowest BCUT2D eigenvalue weighted by Crippen LogP contribution is -2.51. The maximum Gasteiger partial charge on any atom is 0.353 e. The molecule has 2 amide bonds. The Morgan fingerprint density at radius 3 is 2.19 bits per heavy atom. The molecule has 21 heavy (non-hydrogen) atoms. The number of nitrogens with zero attached hydrogens (tertiary/aromatic N) is 2. The van der Waals surface area contributed by atoms with E-state index in [2.05, 4.69) is 15.9 Å². The van der Waals surface area contributed by atoms with Gasteiger partial charge in [-0.1, -0.05) is 46.3 Å². The van der Waals surface area contributed by atoms with Crippen LogP contribution in [0.2, 0.25) is 0 Å². The number of halogens is 1. The molecule has 0 spiro atoms. The van der Waals surface area contributed by atoms with E-state index in [0.29, 0.717) is 5.69 Å². The van der Waals surface area contributed by atoms with Crippen LogP contribution in [-0.4, -0.2) is 11.0 Å². The summed E-state index contributed by atoms with van der Waals surface area (Å²) in [6.07, 6.45) is 0. The van der Waals surface area contributed by atoms with Crippen molar-refractivity contribution < 1.29 is 4.79 Å². The number of nitrogens with two attached hydrogens (primary N) is 2. The van der Waals surface area contributed by atoms with Gasteiger partial charge in [0.15, 0.2) is 0 Å². The topological polar surface area (TPSA) is 75.6 Å². The van der Waals surface area contributed by atoms with Crippen LogP contribution in [-0.2, 0) is 0 Å². The zero-order valence-corrected chi connectivity index (χ0v) is 13.2. The van der Waals surface area contributed by atoms with Crippen LogP contribution in [0.5, 0.6) is 0 Å². The van der Waals surface area contributed by atoms with Gasteiger partial charge in [-0.05, 0) is 36.8 Å². The predicted octanol–water partition coefficient (Wildman–Crippen LogP) is 3.19. The number of benzene rings is 2. The molecule has 0 aliphatic carbocycles. The summed E-state index contributed by atoms with van der Waals surface area (Å²) >= 11 is 3.33. The van der Waals surface area contributed by atoms with E-state index in [1.54, 1.807) is 12.1 Å². The molecule has 0 fully saturated rings. The quantitative estimate of drug-likeness (QED) is 0.508. The van der Waals surface area contributed by atoms with Crippen LogP contribution in [0.25, 0.3) is 0 Å². The normalized spacial score (nSPS) is 11.8. The van der Waals surface area contributed by atoms with Gasteiger partial charge in [0.25, 0.3) is 0 Å². The number of hydrogen-bond acceptors (Lipinski definition) is 3. The third-order valence-electron chi connectivity index (χ3n) is 3.23. The maximum atomic E-state index is 12.3. The molecule has 0 aromatic heterocycles. The van der Waals surface area contributed by atoms with Gasteiger partial charge in [0.1, 0.15) is 0 Å². The van der Waals surface area contributed by atoms with E-state index in [4.69, 9.17) is 11.7 Å². The number of carbonyl (C=O) groups is 1. The van der Waals surface area contributed by atoms with Crippen LogP contribution >= 0.6 is 15.9 Å². The second-order valence-corrected chi connectivity index (χ2v) is 5.54.